The van der Waals surface area contributed by atoms with Gasteiger partial charge in [-0.15, -0.1) is 0 Å². The first-order chi connectivity index (χ1) is 7.83. The Bertz CT molecular complexity index is 381. The summed E-state index contributed by atoms with van der Waals surface area (Å²) in [6.07, 6.45) is -5.35. The molecule has 0 radical (unpaired) electrons. The first kappa shape index (κ1) is 14.3. The van der Waals surface area contributed by atoms with Crippen LogP contribution in [0.5, 0.6) is 5.75 Å². The number of hydrogen-bond donors (Lipinski definition) is 1. The van der Waals surface area contributed by atoms with Crippen molar-refractivity contribution in [2.75, 3.05) is 6.61 Å². The van der Waals surface area contributed by atoms with Crippen LogP contribution in [-0.2, 0) is 0 Å². The Morgan fingerprint density at radius 1 is 1.41 bits per heavy atom. The summed E-state index contributed by atoms with van der Waals surface area (Å²) in [4.78, 5) is 0. The molecular weight excluding hydrogens is 299 g/mol. The van der Waals surface area contributed by atoms with E-state index in [1.807, 2.05) is 0 Å². The van der Waals surface area contributed by atoms with Gasteiger partial charge in [-0.05, 0) is 25.1 Å². The Morgan fingerprint density at radius 2 is 2.06 bits per heavy atom. The summed E-state index contributed by atoms with van der Waals surface area (Å²) in [5.41, 5.74) is 5.92. The van der Waals surface area contributed by atoms with Gasteiger partial charge in [-0.1, -0.05) is 15.9 Å². The summed E-state index contributed by atoms with van der Waals surface area (Å²) in [6, 6.07) is 3.75. The van der Waals surface area contributed by atoms with E-state index in [-0.39, 0.29) is 0 Å². The molecule has 0 aliphatic heterocycles. The second-order valence-corrected chi connectivity index (χ2v) is 4.46. The number of nitrogens with two attached hydrogens (primary N) is 1. The van der Waals surface area contributed by atoms with Crippen LogP contribution in [0.2, 0.25) is 0 Å². The maximum Gasteiger partial charge on any atom is 0.390 e. The third-order valence-electron chi connectivity index (χ3n) is 2.12. The van der Waals surface area contributed by atoms with Gasteiger partial charge in [0.05, 0.1) is 13.0 Å². The topological polar surface area (TPSA) is 35.2 Å². The van der Waals surface area contributed by atoms with Gasteiger partial charge in [-0.2, -0.15) is 13.2 Å². The minimum absolute atomic E-state index is 0.360. The van der Waals surface area contributed by atoms with Crippen LogP contribution in [0.4, 0.5) is 13.2 Å². The van der Waals surface area contributed by atoms with Gasteiger partial charge >= 0.3 is 6.18 Å². The maximum absolute atomic E-state index is 12.3. The third-order valence-corrected chi connectivity index (χ3v) is 2.62. The highest BCUT2D eigenvalue weighted by molar-refractivity contribution is 9.10. The first-order valence-corrected chi connectivity index (χ1v) is 5.87. The van der Waals surface area contributed by atoms with Gasteiger partial charge in [0.25, 0.3) is 0 Å². The molecule has 0 aliphatic rings. The molecule has 0 aromatic heterocycles. The number of alkyl halides is 3. The van der Waals surface area contributed by atoms with Crippen LogP contribution in [0.25, 0.3) is 0 Å². The Kier molecular flexibility index (Phi) is 4.82. The van der Waals surface area contributed by atoms with Crippen molar-refractivity contribution in [3.63, 3.8) is 0 Å². The van der Waals surface area contributed by atoms with Crippen LogP contribution in [0.15, 0.2) is 22.7 Å². The fourth-order valence-electron chi connectivity index (χ4n) is 1.46. The third kappa shape index (κ3) is 4.55. The smallest absolute Gasteiger partial charge is 0.390 e. The standard InChI is InChI=1S/C11H13BrF3NO/c1-2-17-10-4-3-7(12)5-8(10)9(16)6-11(13,14)15/h3-5,9H,2,6,16H2,1H3. The van der Waals surface area contributed by atoms with Crippen LogP contribution in [0.3, 0.4) is 0 Å². The van der Waals surface area contributed by atoms with Gasteiger partial charge in [0.15, 0.2) is 0 Å². The molecule has 0 heterocycles. The van der Waals surface area contributed by atoms with E-state index in [1.165, 1.54) is 0 Å². The predicted molar refractivity (Wildman–Crippen MR) is 62.9 cm³/mol. The molecule has 2 N–H and O–H groups in total. The SMILES string of the molecule is CCOc1ccc(Br)cc1C(N)CC(F)(F)F. The molecule has 1 unspecified atom stereocenters. The van der Waals surface area contributed by atoms with Crippen molar-refractivity contribution in [1.82, 2.24) is 0 Å². The van der Waals surface area contributed by atoms with Crippen molar-refractivity contribution >= 4 is 15.9 Å². The lowest BCUT2D eigenvalue weighted by molar-refractivity contribution is -0.138. The molecule has 17 heavy (non-hydrogen) atoms. The van der Waals surface area contributed by atoms with Gasteiger partial charge < -0.3 is 10.5 Å². The quantitative estimate of drug-likeness (QED) is 0.918. The molecule has 1 aromatic rings. The lowest BCUT2D eigenvalue weighted by Crippen LogP contribution is -2.21. The van der Waals surface area contributed by atoms with E-state index in [0.29, 0.717) is 22.4 Å². The molecule has 0 saturated carbocycles. The van der Waals surface area contributed by atoms with Gasteiger partial charge in [0.1, 0.15) is 5.75 Å². The zero-order valence-corrected chi connectivity index (χ0v) is 10.8. The minimum atomic E-state index is -4.29. The summed E-state index contributed by atoms with van der Waals surface area (Å²) < 4.78 is 42.8. The van der Waals surface area contributed by atoms with Crippen molar-refractivity contribution in [1.29, 1.82) is 0 Å². The molecule has 0 spiro atoms. The van der Waals surface area contributed by atoms with Gasteiger partial charge in [-0.25, -0.2) is 0 Å². The fourth-order valence-corrected chi connectivity index (χ4v) is 1.83. The van der Waals surface area contributed by atoms with E-state index < -0.39 is 18.6 Å². The monoisotopic (exact) mass is 311 g/mol. The van der Waals surface area contributed by atoms with Crippen LogP contribution >= 0.6 is 15.9 Å². The molecule has 0 bridgehead atoms. The normalized spacial score (nSPS) is 13.5. The number of halogens is 4. The van der Waals surface area contributed by atoms with Crippen molar-refractivity contribution < 1.29 is 17.9 Å². The van der Waals surface area contributed by atoms with Gasteiger partial charge in [-0.3, -0.25) is 0 Å². The molecule has 0 aliphatic carbocycles. The lowest BCUT2D eigenvalue weighted by Gasteiger charge is -2.18. The highest BCUT2D eigenvalue weighted by atomic mass is 79.9. The lowest BCUT2D eigenvalue weighted by atomic mass is 10.0. The Balaban J connectivity index is 2.97. The molecule has 0 fully saturated rings. The van der Waals surface area contributed by atoms with E-state index in [2.05, 4.69) is 15.9 Å². The average Bonchev–Trinajstić information content (AvgIpc) is 2.18. The number of rotatable bonds is 4. The van der Waals surface area contributed by atoms with Crippen molar-refractivity contribution in [2.24, 2.45) is 5.73 Å². The number of ether oxygens (including phenoxy) is 1. The molecule has 6 heteroatoms. The van der Waals surface area contributed by atoms with E-state index in [1.54, 1.807) is 25.1 Å². The molecule has 96 valence electrons. The molecule has 1 aromatic carbocycles. The summed E-state index contributed by atoms with van der Waals surface area (Å²) in [7, 11) is 0. The van der Waals surface area contributed by atoms with Gasteiger partial charge in [0.2, 0.25) is 0 Å². The van der Waals surface area contributed by atoms with E-state index in [9.17, 15) is 13.2 Å². The van der Waals surface area contributed by atoms with Crippen molar-refractivity contribution in [3.8, 4) is 5.75 Å². The summed E-state index contributed by atoms with van der Waals surface area (Å²) >= 11 is 3.20. The van der Waals surface area contributed by atoms with Crippen LogP contribution in [-0.4, -0.2) is 12.8 Å². The largest absolute Gasteiger partial charge is 0.494 e. The highest BCUT2D eigenvalue weighted by Gasteiger charge is 2.32. The molecule has 1 atom stereocenters. The number of benzene rings is 1. The zero-order chi connectivity index (χ0) is 13.1. The summed E-state index contributed by atoms with van der Waals surface area (Å²) in [5.74, 6) is 0.396. The molecular formula is C11H13BrF3NO. The molecule has 2 nitrogen and oxygen atoms in total. The predicted octanol–water partition coefficient (Wildman–Crippen LogP) is 3.80. The minimum Gasteiger partial charge on any atom is -0.494 e. The van der Waals surface area contributed by atoms with Crippen molar-refractivity contribution in [2.45, 2.75) is 25.6 Å². The average molecular weight is 312 g/mol. The molecule has 0 amide bonds. The summed E-state index contributed by atoms with van der Waals surface area (Å²) in [5, 5.41) is 0. The Morgan fingerprint density at radius 3 is 2.59 bits per heavy atom. The zero-order valence-electron chi connectivity index (χ0n) is 9.22. The van der Waals surface area contributed by atoms with E-state index in [4.69, 9.17) is 10.5 Å². The van der Waals surface area contributed by atoms with Crippen LogP contribution in [0.1, 0.15) is 24.9 Å². The van der Waals surface area contributed by atoms with Crippen LogP contribution in [0, 0.1) is 0 Å². The molecule has 0 saturated heterocycles. The van der Waals surface area contributed by atoms with Crippen molar-refractivity contribution in [3.05, 3.63) is 28.2 Å². The molecule has 1 rings (SSSR count). The number of hydrogen-bond acceptors (Lipinski definition) is 2. The summed E-state index contributed by atoms with van der Waals surface area (Å²) in [6.45, 7) is 2.15. The Hall–Kier alpha value is -0.750. The fraction of sp³-hybridized carbons (Fsp3) is 0.455. The second kappa shape index (κ2) is 5.73. The van der Waals surface area contributed by atoms with E-state index >= 15 is 0 Å². The Labute approximate surface area is 106 Å². The van der Waals surface area contributed by atoms with Gasteiger partial charge in [0, 0.05) is 16.1 Å². The second-order valence-electron chi connectivity index (χ2n) is 3.54. The first-order valence-electron chi connectivity index (χ1n) is 5.08. The maximum atomic E-state index is 12.3. The van der Waals surface area contributed by atoms with E-state index in [0.717, 1.165) is 0 Å². The highest BCUT2D eigenvalue weighted by Crippen LogP contribution is 2.34. The van der Waals surface area contributed by atoms with Crippen LogP contribution < -0.4 is 10.5 Å².